The first-order valence-electron chi connectivity index (χ1n) is 8.39. The first-order chi connectivity index (χ1) is 11.8. The van der Waals surface area contributed by atoms with E-state index in [2.05, 4.69) is 22.8 Å². The number of carbonyl (C=O) groups excluding carboxylic acids is 1. The number of carbonyl (C=O) groups is 1. The summed E-state index contributed by atoms with van der Waals surface area (Å²) in [5, 5.41) is 6.03. The Labute approximate surface area is 144 Å². The molecule has 2 N–H and O–H groups in total. The lowest BCUT2D eigenvalue weighted by Gasteiger charge is -2.11. The van der Waals surface area contributed by atoms with Gasteiger partial charge in [0.25, 0.3) is 0 Å². The summed E-state index contributed by atoms with van der Waals surface area (Å²) >= 11 is 0. The maximum atomic E-state index is 11.8. The van der Waals surface area contributed by atoms with Crippen LogP contribution in [0.25, 0.3) is 0 Å². The highest BCUT2D eigenvalue weighted by Gasteiger charge is 2.05. The van der Waals surface area contributed by atoms with Gasteiger partial charge in [0, 0.05) is 13.0 Å². The third-order valence-corrected chi connectivity index (χ3v) is 3.79. The van der Waals surface area contributed by atoms with Gasteiger partial charge in [0.05, 0.1) is 13.2 Å². The van der Waals surface area contributed by atoms with Crippen LogP contribution in [0.5, 0.6) is 0 Å². The topological polar surface area (TPSA) is 50.4 Å². The van der Waals surface area contributed by atoms with Crippen LogP contribution in [-0.4, -0.2) is 19.5 Å². The van der Waals surface area contributed by atoms with Crippen molar-refractivity contribution in [1.29, 1.82) is 0 Å². The highest BCUT2D eigenvalue weighted by molar-refractivity contribution is 5.75. The second-order valence-electron chi connectivity index (χ2n) is 5.73. The quantitative estimate of drug-likeness (QED) is 0.660. The van der Waals surface area contributed by atoms with Gasteiger partial charge in [-0.1, -0.05) is 54.6 Å². The molecule has 0 heterocycles. The van der Waals surface area contributed by atoms with Gasteiger partial charge >= 0.3 is 0 Å². The largest absolute Gasteiger partial charge is 0.372 e. The third kappa shape index (κ3) is 6.52. The molecule has 1 amide bonds. The Morgan fingerprint density at radius 2 is 1.67 bits per heavy atom. The van der Waals surface area contributed by atoms with Gasteiger partial charge in [0.2, 0.25) is 5.91 Å². The van der Waals surface area contributed by atoms with Gasteiger partial charge in [-0.15, -0.1) is 0 Å². The van der Waals surface area contributed by atoms with E-state index in [4.69, 9.17) is 4.74 Å². The van der Waals surface area contributed by atoms with Gasteiger partial charge in [-0.2, -0.15) is 0 Å². The third-order valence-electron chi connectivity index (χ3n) is 3.79. The van der Waals surface area contributed by atoms with Crippen molar-refractivity contribution in [2.75, 3.05) is 13.6 Å². The van der Waals surface area contributed by atoms with Crippen molar-refractivity contribution in [3.8, 4) is 0 Å². The summed E-state index contributed by atoms with van der Waals surface area (Å²) < 4.78 is 5.81. The molecule has 2 rings (SSSR count). The molecule has 0 spiro atoms. The number of benzene rings is 2. The molecule has 0 aliphatic carbocycles. The van der Waals surface area contributed by atoms with Crippen molar-refractivity contribution in [2.45, 2.75) is 32.6 Å². The Morgan fingerprint density at radius 1 is 0.958 bits per heavy atom. The number of nitrogens with one attached hydrogen (secondary N) is 2. The summed E-state index contributed by atoms with van der Waals surface area (Å²) in [6.07, 6.45) is 1.40. The molecule has 4 nitrogen and oxygen atoms in total. The first-order valence-corrected chi connectivity index (χ1v) is 8.39. The minimum atomic E-state index is 0.0882. The van der Waals surface area contributed by atoms with E-state index in [1.807, 2.05) is 49.5 Å². The number of rotatable bonds is 10. The van der Waals surface area contributed by atoms with E-state index in [9.17, 15) is 4.79 Å². The van der Waals surface area contributed by atoms with E-state index < -0.39 is 0 Å². The summed E-state index contributed by atoms with van der Waals surface area (Å²) in [4.78, 5) is 11.8. The molecular weight excluding hydrogens is 300 g/mol. The average Bonchev–Trinajstić information content (AvgIpc) is 2.62. The van der Waals surface area contributed by atoms with Gasteiger partial charge in [-0.05, 0) is 36.7 Å². The van der Waals surface area contributed by atoms with Crippen molar-refractivity contribution < 1.29 is 9.53 Å². The highest BCUT2D eigenvalue weighted by Crippen LogP contribution is 2.12. The molecule has 0 radical (unpaired) electrons. The van der Waals surface area contributed by atoms with Crippen LogP contribution >= 0.6 is 0 Å². The Bertz CT molecular complexity index is 614. The molecule has 24 heavy (non-hydrogen) atoms. The van der Waals surface area contributed by atoms with Crippen molar-refractivity contribution >= 4 is 5.91 Å². The summed E-state index contributed by atoms with van der Waals surface area (Å²) in [5.41, 5.74) is 3.38. The summed E-state index contributed by atoms with van der Waals surface area (Å²) in [5.74, 6) is 0.0882. The second kappa shape index (κ2) is 10.6. The van der Waals surface area contributed by atoms with E-state index in [0.29, 0.717) is 26.2 Å². The fourth-order valence-electron chi connectivity index (χ4n) is 2.43. The molecule has 128 valence electrons. The van der Waals surface area contributed by atoms with Crippen molar-refractivity contribution in [3.05, 3.63) is 71.3 Å². The highest BCUT2D eigenvalue weighted by atomic mass is 16.5. The normalized spacial score (nSPS) is 10.5. The Kier molecular flexibility index (Phi) is 8.01. The summed E-state index contributed by atoms with van der Waals surface area (Å²) in [7, 11) is 1.89. The van der Waals surface area contributed by atoms with Gasteiger partial charge in [-0.25, -0.2) is 0 Å². The maximum Gasteiger partial charge on any atom is 0.220 e. The molecule has 2 aromatic rings. The molecule has 0 saturated heterocycles. The van der Waals surface area contributed by atoms with Gasteiger partial charge in [0.15, 0.2) is 0 Å². The zero-order valence-electron chi connectivity index (χ0n) is 14.3. The van der Waals surface area contributed by atoms with Gasteiger partial charge < -0.3 is 15.4 Å². The molecule has 0 fully saturated rings. The van der Waals surface area contributed by atoms with Crippen LogP contribution in [0.3, 0.4) is 0 Å². The van der Waals surface area contributed by atoms with E-state index in [0.717, 1.165) is 29.7 Å². The second-order valence-corrected chi connectivity index (χ2v) is 5.73. The molecule has 0 unspecified atom stereocenters. The zero-order chi connectivity index (χ0) is 17.0. The van der Waals surface area contributed by atoms with Gasteiger partial charge in [0.1, 0.15) is 0 Å². The number of amides is 1. The van der Waals surface area contributed by atoms with Crippen LogP contribution in [0.4, 0.5) is 0 Å². The number of hydrogen-bond donors (Lipinski definition) is 2. The smallest absolute Gasteiger partial charge is 0.220 e. The average molecular weight is 326 g/mol. The monoisotopic (exact) mass is 326 g/mol. The van der Waals surface area contributed by atoms with Crippen molar-refractivity contribution in [2.24, 2.45) is 0 Å². The van der Waals surface area contributed by atoms with E-state index in [1.54, 1.807) is 0 Å². The lowest BCUT2D eigenvalue weighted by molar-refractivity contribution is -0.121. The molecule has 0 aliphatic rings. The fraction of sp³-hybridized carbons (Fsp3) is 0.350. The number of ether oxygens (including phenoxy) is 1. The van der Waals surface area contributed by atoms with E-state index >= 15 is 0 Å². The fourth-order valence-corrected chi connectivity index (χ4v) is 2.43. The van der Waals surface area contributed by atoms with Crippen LogP contribution in [-0.2, 0) is 29.3 Å². The standard InChI is InChI=1S/C20H26N2O2/c1-21-13-7-12-20(23)22-14-18-10-5-6-11-19(18)16-24-15-17-8-3-2-4-9-17/h2-6,8-11,21H,7,12-16H2,1H3,(H,22,23). The molecule has 4 heteroatoms. The van der Waals surface area contributed by atoms with Crippen LogP contribution in [0.15, 0.2) is 54.6 Å². The van der Waals surface area contributed by atoms with Crippen LogP contribution in [0.1, 0.15) is 29.5 Å². The Balaban J connectivity index is 1.80. The molecule has 0 aromatic heterocycles. The summed E-state index contributed by atoms with van der Waals surface area (Å²) in [6.45, 7) is 2.53. The van der Waals surface area contributed by atoms with Crippen LogP contribution in [0, 0.1) is 0 Å². The minimum Gasteiger partial charge on any atom is -0.372 e. The lowest BCUT2D eigenvalue weighted by atomic mass is 10.1. The van der Waals surface area contributed by atoms with Crippen molar-refractivity contribution in [3.63, 3.8) is 0 Å². The summed E-state index contributed by atoms with van der Waals surface area (Å²) in [6, 6.07) is 18.2. The first kappa shape index (κ1) is 18.2. The lowest BCUT2D eigenvalue weighted by Crippen LogP contribution is -2.24. The molecular formula is C20H26N2O2. The van der Waals surface area contributed by atoms with Crippen LogP contribution in [0.2, 0.25) is 0 Å². The molecule has 0 saturated carbocycles. The SMILES string of the molecule is CNCCCC(=O)NCc1ccccc1COCc1ccccc1. The predicted molar refractivity (Wildman–Crippen MR) is 96.4 cm³/mol. The molecule has 0 aliphatic heterocycles. The van der Waals surface area contributed by atoms with E-state index in [-0.39, 0.29) is 5.91 Å². The number of hydrogen-bond acceptors (Lipinski definition) is 3. The van der Waals surface area contributed by atoms with Crippen LogP contribution < -0.4 is 10.6 Å². The maximum absolute atomic E-state index is 11.8. The van der Waals surface area contributed by atoms with Gasteiger partial charge in [-0.3, -0.25) is 4.79 Å². The predicted octanol–water partition coefficient (Wildman–Crippen LogP) is 3.02. The van der Waals surface area contributed by atoms with Crippen molar-refractivity contribution in [1.82, 2.24) is 10.6 Å². The molecule has 0 bridgehead atoms. The minimum absolute atomic E-state index is 0.0882. The molecule has 2 aromatic carbocycles. The zero-order valence-corrected chi connectivity index (χ0v) is 14.3. The Morgan fingerprint density at radius 3 is 2.42 bits per heavy atom. The Hall–Kier alpha value is -2.17. The molecule has 0 atom stereocenters. The van der Waals surface area contributed by atoms with E-state index in [1.165, 1.54) is 0 Å².